The van der Waals surface area contributed by atoms with Gasteiger partial charge in [0.25, 0.3) is 0 Å². The Balaban J connectivity index is 1.83. The maximum atomic E-state index is 13.0. The second kappa shape index (κ2) is 7.10. The Morgan fingerprint density at radius 3 is 2.29 bits per heavy atom. The molecule has 0 spiro atoms. The number of anilines is 2. The Morgan fingerprint density at radius 1 is 1.00 bits per heavy atom. The number of rotatable bonds is 4. The van der Waals surface area contributed by atoms with Crippen molar-refractivity contribution in [3.05, 3.63) is 59.1 Å². The van der Waals surface area contributed by atoms with Gasteiger partial charge in [0.05, 0.1) is 17.9 Å². The molecular formula is C19H20ClN5O2S. The van der Waals surface area contributed by atoms with Crippen LogP contribution in [0.25, 0.3) is 0 Å². The maximum Gasteiger partial charge on any atom is 0.354 e. The van der Waals surface area contributed by atoms with E-state index in [-0.39, 0.29) is 5.96 Å². The van der Waals surface area contributed by atoms with E-state index in [9.17, 15) is 8.42 Å². The molecule has 2 aliphatic rings. The number of guanidine groups is 2. The number of halogens is 1. The van der Waals surface area contributed by atoms with Crippen molar-refractivity contribution in [2.24, 2.45) is 9.39 Å². The van der Waals surface area contributed by atoms with Crippen molar-refractivity contribution in [1.29, 1.82) is 0 Å². The summed E-state index contributed by atoms with van der Waals surface area (Å²) in [5.74, 6) is 0.554. The third-order valence-corrected chi connectivity index (χ3v) is 6.21. The highest BCUT2D eigenvalue weighted by molar-refractivity contribution is 7.92. The van der Waals surface area contributed by atoms with Gasteiger partial charge in [0.15, 0.2) is 0 Å². The predicted molar refractivity (Wildman–Crippen MR) is 113 cm³/mol. The molecule has 0 amide bonds. The van der Waals surface area contributed by atoms with Gasteiger partial charge in [-0.05, 0) is 43.7 Å². The summed E-state index contributed by atoms with van der Waals surface area (Å²) in [6.45, 7) is 5.59. The summed E-state index contributed by atoms with van der Waals surface area (Å²) in [5, 5.41) is 0.653. The van der Waals surface area contributed by atoms with E-state index >= 15 is 0 Å². The van der Waals surface area contributed by atoms with E-state index < -0.39 is 10.2 Å². The maximum absolute atomic E-state index is 13.0. The van der Waals surface area contributed by atoms with Gasteiger partial charge in [-0.2, -0.15) is 17.7 Å². The van der Waals surface area contributed by atoms with E-state index in [4.69, 9.17) is 11.6 Å². The van der Waals surface area contributed by atoms with E-state index in [1.165, 1.54) is 4.31 Å². The Kier molecular flexibility index (Phi) is 4.76. The van der Waals surface area contributed by atoms with Gasteiger partial charge in [-0.25, -0.2) is 0 Å². The van der Waals surface area contributed by atoms with Crippen LogP contribution in [0.4, 0.5) is 11.4 Å². The smallest absolute Gasteiger partial charge is 0.341 e. The summed E-state index contributed by atoms with van der Waals surface area (Å²) in [7, 11) is -3.93. The fraction of sp³-hybridized carbons (Fsp3) is 0.263. The molecule has 2 aromatic carbocycles. The quantitative estimate of drug-likeness (QED) is 0.763. The van der Waals surface area contributed by atoms with Gasteiger partial charge in [0.1, 0.15) is 0 Å². The van der Waals surface area contributed by atoms with Crippen LogP contribution in [0.2, 0.25) is 5.02 Å². The second-order valence-electron chi connectivity index (χ2n) is 6.42. The first-order chi connectivity index (χ1) is 13.4. The molecule has 0 N–H and O–H groups in total. The normalized spacial score (nSPS) is 17.0. The predicted octanol–water partition coefficient (Wildman–Crippen LogP) is 3.48. The first kappa shape index (κ1) is 18.8. The van der Waals surface area contributed by atoms with Crippen LogP contribution in [0.3, 0.4) is 0 Å². The molecule has 0 unspecified atom stereocenters. The largest absolute Gasteiger partial charge is 0.354 e. The Hall–Kier alpha value is -2.58. The summed E-state index contributed by atoms with van der Waals surface area (Å²) in [4.78, 5) is 8.35. The molecular weight excluding hydrogens is 398 g/mol. The van der Waals surface area contributed by atoms with Gasteiger partial charge in [0, 0.05) is 18.1 Å². The highest BCUT2D eigenvalue weighted by Gasteiger charge is 2.43. The van der Waals surface area contributed by atoms with Gasteiger partial charge >= 0.3 is 10.2 Å². The molecule has 0 atom stereocenters. The summed E-state index contributed by atoms with van der Waals surface area (Å²) in [5.41, 5.74) is 2.32. The minimum atomic E-state index is -3.93. The summed E-state index contributed by atoms with van der Waals surface area (Å²) >= 11 is 6.00. The number of hydrogen-bond donors (Lipinski definition) is 0. The topological polar surface area (TPSA) is 68.6 Å². The van der Waals surface area contributed by atoms with Crippen LogP contribution in [0.5, 0.6) is 0 Å². The van der Waals surface area contributed by atoms with Gasteiger partial charge < -0.3 is 9.80 Å². The van der Waals surface area contributed by atoms with Crippen molar-refractivity contribution >= 4 is 45.1 Å². The van der Waals surface area contributed by atoms with Gasteiger partial charge in [0.2, 0.25) is 11.9 Å². The third-order valence-electron chi connectivity index (χ3n) is 4.74. The van der Waals surface area contributed by atoms with Crippen LogP contribution in [0.1, 0.15) is 19.4 Å². The van der Waals surface area contributed by atoms with Crippen molar-refractivity contribution < 1.29 is 8.42 Å². The lowest BCUT2D eigenvalue weighted by Crippen LogP contribution is -2.47. The van der Waals surface area contributed by atoms with E-state index in [1.54, 1.807) is 12.1 Å². The molecule has 2 aromatic rings. The summed E-state index contributed by atoms with van der Waals surface area (Å²) in [6.07, 6.45) is 0. The SMILES string of the molecule is CCN(CC)C1=NS(=O)(=O)N2C(=N1)N(Cc1ccc(Cl)cc1)c1ccccc12. The van der Waals surface area contributed by atoms with Crippen LogP contribution >= 0.6 is 11.6 Å². The Bertz CT molecular complexity index is 1060. The van der Waals surface area contributed by atoms with Crippen molar-refractivity contribution in [1.82, 2.24) is 4.90 Å². The standard InChI is InChI=1S/C19H20ClN5O2S/c1-3-23(4-2)18-21-19-24(13-14-9-11-15(20)12-10-14)16-7-5-6-8-17(16)25(19)28(26,27)22-18/h5-12H,3-4,13H2,1-2H3. The lowest BCUT2D eigenvalue weighted by molar-refractivity contribution is 0.460. The Morgan fingerprint density at radius 2 is 1.64 bits per heavy atom. The van der Waals surface area contributed by atoms with Crippen LogP contribution in [-0.2, 0) is 16.8 Å². The molecule has 146 valence electrons. The lowest BCUT2D eigenvalue weighted by atomic mass is 10.2. The van der Waals surface area contributed by atoms with Gasteiger partial charge in [-0.15, -0.1) is 4.40 Å². The number of benzene rings is 2. The fourth-order valence-electron chi connectivity index (χ4n) is 3.34. The molecule has 2 heterocycles. The molecule has 28 heavy (non-hydrogen) atoms. The first-order valence-electron chi connectivity index (χ1n) is 9.04. The zero-order chi connectivity index (χ0) is 19.9. The van der Waals surface area contributed by atoms with Crippen LogP contribution in [-0.4, -0.2) is 38.3 Å². The number of aliphatic imine (C=N–C) groups is 1. The second-order valence-corrected chi connectivity index (χ2v) is 8.30. The number of fused-ring (bicyclic) bond motifs is 3. The summed E-state index contributed by atoms with van der Waals surface area (Å²) < 4.78 is 31.2. The average molecular weight is 418 g/mol. The molecule has 0 fully saturated rings. The van der Waals surface area contributed by atoms with Crippen molar-refractivity contribution in [2.75, 3.05) is 22.3 Å². The number of nitrogens with zero attached hydrogens (tertiary/aromatic N) is 5. The third kappa shape index (κ3) is 3.12. The molecule has 0 radical (unpaired) electrons. The van der Waals surface area contributed by atoms with E-state index in [1.807, 2.05) is 60.0 Å². The Labute approximate surface area is 169 Å². The molecule has 7 nitrogen and oxygen atoms in total. The van der Waals surface area contributed by atoms with Gasteiger partial charge in [-0.3, -0.25) is 0 Å². The van der Waals surface area contributed by atoms with Crippen LogP contribution in [0.15, 0.2) is 57.9 Å². The van der Waals surface area contributed by atoms with Crippen molar-refractivity contribution in [3.8, 4) is 0 Å². The zero-order valence-corrected chi connectivity index (χ0v) is 17.2. The molecule has 0 saturated heterocycles. The minimum absolute atomic E-state index is 0.213. The van der Waals surface area contributed by atoms with E-state index in [2.05, 4.69) is 9.39 Å². The van der Waals surface area contributed by atoms with E-state index in [0.717, 1.165) is 11.3 Å². The number of hydrogen-bond acceptors (Lipinski definition) is 5. The number of para-hydroxylation sites is 2. The first-order valence-corrected chi connectivity index (χ1v) is 10.8. The van der Waals surface area contributed by atoms with Crippen LogP contribution in [0, 0.1) is 0 Å². The van der Waals surface area contributed by atoms with Crippen molar-refractivity contribution in [3.63, 3.8) is 0 Å². The van der Waals surface area contributed by atoms with Gasteiger partial charge in [-0.1, -0.05) is 35.9 Å². The van der Waals surface area contributed by atoms with Crippen LogP contribution < -0.4 is 9.21 Å². The molecule has 4 rings (SSSR count). The molecule has 9 heteroatoms. The summed E-state index contributed by atoms with van der Waals surface area (Å²) in [6, 6.07) is 14.8. The molecule has 0 bridgehead atoms. The average Bonchev–Trinajstić information content (AvgIpc) is 2.99. The molecule has 2 aliphatic heterocycles. The highest BCUT2D eigenvalue weighted by Crippen LogP contribution is 2.41. The monoisotopic (exact) mass is 417 g/mol. The molecule has 0 aromatic heterocycles. The minimum Gasteiger partial charge on any atom is -0.341 e. The lowest BCUT2D eigenvalue weighted by Gasteiger charge is -2.28. The molecule has 0 aliphatic carbocycles. The fourth-order valence-corrected chi connectivity index (χ4v) is 4.66. The highest BCUT2D eigenvalue weighted by atomic mass is 35.5. The molecule has 0 saturated carbocycles. The van der Waals surface area contributed by atoms with E-state index in [0.29, 0.717) is 36.3 Å². The van der Waals surface area contributed by atoms with Crippen molar-refractivity contribution in [2.45, 2.75) is 20.4 Å². The zero-order valence-electron chi connectivity index (χ0n) is 15.6.